The van der Waals surface area contributed by atoms with Crippen LogP contribution in [-0.4, -0.2) is 3.71 Å². The minimum absolute atomic E-state index is 0. The first-order valence-corrected chi connectivity index (χ1v) is 11.8. The van der Waals surface area contributed by atoms with Crippen LogP contribution in [0, 0.1) is 0 Å². The van der Waals surface area contributed by atoms with Crippen molar-refractivity contribution in [1.29, 1.82) is 0 Å². The average molecular weight is 420 g/mol. The molecule has 3 heteroatoms. The predicted octanol–water partition coefficient (Wildman–Crippen LogP) is -1.03. The maximum atomic E-state index is 2.58. The number of benzene rings is 2. The molecular formula is C20H18Cl2Zr. The van der Waals surface area contributed by atoms with Crippen molar-refractivity contribution in [3.8, 4) is 0 Å². The number of hydrogen-bond donors (Lipinski definition) is 0. The fraction of sp³-hybridized carbons (Fsp3) is 0.150. The summed E-state index contributed by atoms with van der Waals surface area (Å²) in [5, 5.41) is 0. The van der Waals surface area contributed by atoms with Crippen LogP contribution >= 0.6 is 0 Å². The maximum Gasteiger partial charge on any atom is -1.00 e. The molecule has 0 fully saturated rings. The second-order valence-corrected chi connectivity index (χ2v) is 12.7. The Morgan fingerprint density at radius 1 is 0.739 bits per heavy atom. The number of hydrogen-bond acceptors (Lipinski definition) is 0. The molecule has 2 atom stereocenters. The zero-order chi connectivity index (χ0) is 14.2. The van der Waals surface area contributed by atoms with Gasteiger partial charge in [-0.1, -0.05) is 0 Å². The molecule has 23 heavy (non-hydrogen) atoms. The quantitative estimate of drug-likeness (QED) is 0.583. The van der Waals surface area contributed by atoms with Crippen LogP contribution in [0.4, 0.5) is 0 Å². The van der Waals surface area contributed by atoms with Crippen LogP contribution in [0.2, 0.25) is 0 Å². The van der Waals surface area contributed by atoms with Crippen molar-refractivity contribution in [3.63, 3.8) is 0 Å². The van der Waals surface area contributed by atoms with Gasteiger partial charge in [-0.05, 0) is 0 Å². The Morgan fingerprint density at radius 2 is 1.17 bits per heavy atom. The molecule has 0 unspecified atom stereocenters. The van der Waals surface area contributed by atoms with Crippen LogP contribution in [0.1, 0.15) is 36.4 Å². The molecule has 0 radical (unpaired) electrons. The second kappa shape index (κ2) is 7.88. The van der Waals surface area contributed by atoms with E-state index in [2.05, 4.69) is 83.5 Å². The van der Waals surface area contributed by atoms with E-state index in [4.69, 9.17) is 0 Å². The van der Waals surface area contributed by atoms with Crippen molar-refractivity contribution >= 4 is 15.9 Å². The Morgan fingerprint density at radius 3 is 1.61 bits per heavy atom. The molecule has 4 rings (SSSR count). The molecule has 0 saturated heterocycles. The van der Waals surface area contributed by atoms with E-state index in [1.165, 1.54) is 11.1 Å². The predicted molar refractivity (Wildman–Crippen MR) is 88.2 cm³/mol. The van der Waals surface area contributed by atoms with Gasteiger partial charge in [0, 0.05) is 0 Å². The minimum atomic E-state index is -1.76. The maximum absolute atomic E-state index is 2.58. The van der Waals surface area contributed by atoms with Gasteiger partial charge in [-0.15, -0.1) is 0 Å². The van der Waals surface area contributed by atoms with E-state index in [9.17, 15) is 0 Å². The molecular weight excluding hydrogens is 402 g/mol. The summed E-state index contributed by atoms with van der Waals surface area (Å²) in [6.45, 7) is 2.29. The minimum Gasteiger partial charge on any atom is -1.00 e. The topological polar surface area (TPSA) is 0 Å². The van der Waals surface area contributed by atoms with Gasteiger partial charge in [0.15, 0.2) is 0 Å². The normalized spacial score (nSPS) is 19.7. The van der Waals surface area contributed by atoms with E-state index in [-0.39, 0.29) is 24.8 Å². The van der Waals surface area contributed by atoms with E-state index in [1.54, 1.807) is 11.1 Å². The summed E-state index contributed by atoms with van der Waals surface area (Å²) < 4.78 is 3.96. The molecule has 0 aromatic heterocycles. The van der Waals surface area contributed by atoms with Gasteiger partial charge in [0.2, 0.25) is 0 Å². The molecule has 0 saturated carbocycles. The van der Waals surface area contributed by atoms with Crippen LogP contribution in [0.15, 0.2) is 60.7 Å². The van der Waals surface area contributed by atoms with Gasteiger partial charge in [0.25, 0.3) is 0 Å². The fourth-order valence-corrected chi connectivity index (χ4v) is 11.0. The molecule has 2 aliphatic carbocycles. The molecule has 2 aromatic rings. The molecule has 0 heterocycles. The average Bonchev–Trinajstić information content (AvgIpc) is 3.14. The Kier molecular flexibility index (Phi) is 6.37. The number of allylic oxidation sites excluding steroid dienone is 2. The molecule has 0 spiro atoms. The van der Waals surface area contributed by atoms with Crippen LogP contribution in [-0.2, 0) is 21.3 Å². The molecule has 0 bridgehead atoms. The van der Waals surface area contributed by atoms with Crippen LogP contribution < -0.4 is 24.8 Å². The Balaban J connectivity index is 0.000000960. The van der Waals surface area contributed by atoms with Gasteiger partial charge in [-0.3, -0.25) is 0 Å². The summed E-state index contributed by atoms with van der Waals surface area (Å²) in [5.41, 5.74) is 5.97. The van der Waals surface area contributed by atoms with E-state index in [0.29, 0.717) is 7.25 Å². The Labute approximate surface area is 158 Å². The number of halogens is 2. The van der Waals surface area contributed by atoms with Gasteiger partial charge in [-0.25, -0.2) is 0 Å². The zero-order valence-electron chi connectivity index (χ0n) is 12.9. The monoisotopic (exact) mass is 418 g/mol. The molecule has 0 nitrogen and oxygen atoms in total. The molecule has 0 amide bonds. The molecule has 0 aliphatic heterocycles. The first-order valence-electron chi connectivity index (χ1n) is 7.59. The van der Waals surface area contributed by atoms with Crippen molar-refractivity contribution in [1.82, 2.24) is 0 Å². The smallest absolute Gasteiger partial charge is 1.00 e. The molecule has 2 aliphatic rings. The first kappa shape index (κ1) is 18.6. The van der Waals surface area contributed by atoms with Gasteiger partial charge < -0.3 is 24.8 Å². The summed E-state index contributed by atoms with van der Waals surface area (Å²) in [6.07, 6.45) is 9.59. The van der Waals surface area contributed by atoms with Gasteiger partial charge >= 0.3 is 134 Å². The van der Waals surface area contributed by atoms with Crippen molar-refractivity contribution < 1.29 is 46.1 Å². The summed E-state index contributed by atoms with van der Waals surface area (Å²) >= 11 is -1.76. The van der Waals surface area contributed by atoms with Crippen molar-refractivity contribution in [2.45, 2.75) is 14.2 Å². The van der Waals surface area contributed by atoms with Crippen molar-refractivity contribution in [2.24, 2.45) is 0 Å². The fourth-order valence-electron chi connectivity index (χ4n) is 3.63. The van der Waals surface area contributed by atoms with E-state index < -0.39 is 21.3 Å². The second-order valence-electron chi connectivity index (χ2n) is 5.72. The molecule has 0 N–H and O–H groups in total. The van der Waals surface area contributed by atoms with Gasteiger partial charge in [0.1, 0.15) is 0 Å². The molecule has 2 aromatic carbocycles. The third-order valence-corrected chi connectivity index (χ3v) is 12.3. The van der Waals surface area contributed by atoms with E-state index in [0.717, 1.165) is 0 Å². The molecule has 116 valence electrons. The summed E-state index contributed by atoms with van der Waals surface area (Å²) in [5.74, 6) is 0. The first-order chi connectivity index (χ1) is 10.4. The summed E-state index contributed by atoms with van der Waals surface area (Å²) in [4.78, 5) is 0. The van der Waals surface area contributed by atoms with Crippen LogP contribution in [0.5, 0.6) is 0 Å². The summed E-state index contributed by atoms with van der Waals surface area (Å²) in [6, 6.07) is 17.8. The Bertz CT molecular complexity index is 726. The zero-order valence-corrected chi connectivity index (χ0v) is 16.9. The number of rotatable bonds is 2. The van der Waals surface area contributed by atoms with Crippen molar-refractivity contribution in [2.75, 3.05) is 0 Å². The standard InChI is InChI=1S/2C9H7.C2H4.2ClH.Zr/c2*1-2-5-9-7-3-6-8(9)4-1;1-2;;;/h2*1-7H;1H,2H3;2*1H;/q;;;;;+2/p-2. The SMILES string of the molecule is C/[CH]=[Zr+2](/[C@@H]1C=Cc2ccccc21)[C@H]1C=Cc2ccccc21.[Cl-].[Cl-]. The van der Waals surface area contributed by atoms with Crippen LogP contribution in [0.25, 0.3) is 12.2 Å². The van der Waals surface area contributed by atoms with E-state index in [1.807, 2.05) is 0 Å². The number of fused-ring (bicyclic) bond motifs is 2. The van der Waals surface area contributed by atoms with Crippen molar-refractivity contribution in [3.05, 3.63) is 82.9 Å². The Hall–Kier alpha value is -0.747. The third-order valence-electron chi connectivity index (χ3n) is 4.65. The van der Waals surface area contributed by atoms with Gasteiger partial charge in [-0.2, -0.15) is 0 Å². The van der Waals surface area contributed by atoms with Crippen LogP contribution in [0.3, 0.4) is 0 Å². The largest absolute Gasteiger partial charge is 1.00 e. The van der Waals surface area contributed by atoms with Gasteiger partial charge in [0.05, 0.1) is 0 Å². The summed E-state index contributed by atoms with van der Waals surface area (Å²) in [7, 11) is 0. The van der Waals surface area contributed by atoms with E-state index >= 15 is 0 Å². The third kappa shape index (κ3) is 3.25.